The zero-order valence-corrected chi connectivity index (χ0v) is 14.1. The van der Waals surface area contributed by atoms with Gasteiger partial charge < -0.3 is 4.42 Å². The fourth-order valence-corrected chi connectivity index (χ4v) is 3.77. The summed E-state index contributed by atoms with van der Waals surface area (Å²) in [7, 11) is 0. The minimum atomic E-state index is -0.725. The van der Waals surface area contributed by atoms with Crippen molar-refractivity contribution in [1.29, 1.82) is 0 Å². The summed E-state index contributed by atoms with van der Waals surface area (Å²) in [5, 5.41) is 11.0. The van der Waals surface area contributed by atoms with Gasteiger partial charge in [0, 0.05) is 0 Å². The molecule has 0 saturated carbocycles. The molecule has 0 fully saturated rings. The number of thioether (sulfide) groups is 1. The third kappa shape index (κ3) is 3.15. The summed E-state index contributed by atoms with van der Waals surface area (Å²) in [6.45, 7) is 3.66. The van der Waals surface area contributed by atoms with Crippen LogP contribution in [-0.2, 0) is 4.79 Å². The molecule has 0 saturated heterocycles. The molecule has 9 heteroatoms. The Labute approximate surface area is 139 Å². The van der Waals surface area contributed by atoms with Gasteiger partial charge in [-0.1, -0.05) is 42.2 Å². The van der Waals surface area contributed by atoms with E-state index in [9.17, 15) is 9.59 Å². The number of carbonyl (C=O) groups excluding carboxylic acids is 1. The highest BCUT2D eigenvalue weighted by Crippen LogP contribution is 2.26. The third-order valence-corrected chi connectivity index (χ3v) is 5.04. The largest absolute Gasteiger partial charge is 0.420 e. The van der Waals surface area contributed by atoms with Crippen LogP contribution in [-0.4, -0.2) is 26.4 Å². The van der Waals surface area contributed by atoms with Gasteiger partial charge in [0.25, 0.3) is 0 Å². The molecule has 1 aromatic carbocycles. The average Bonchev–Trinajstić information content (AvgIpc) is 3.10. The Hall–Kier alpha value is -2.13. The maximum atomic E-state index is 12.4. The number of hydrogen-bond donors (Lipinski definition) is 1. The van der Waals surface area contributed by atoms with Gasteiger partial charge in [-0.25, -0.2) is 4.79 Å². The summed E-state index contributed by atoms with van der Waals surface area (Å²) in [4.78, 5) is 24.4. The second-order valence-electron chi connectivity index (χ2n) is 4.68. The topological polar surface area (TPSA) is 90.0 Å². The van der Waals surface area contributed by atoms with Crippen molar-refractivity contribution in [3.63, 3.8) is 0 Å². The number of rotatable bonds is 5. The molecule has 2 aromatic heterocycles. The van der Waals surface area contributed by atoms with E-state index in [4.69, 9.17) is 4.42 Å². The van der Waals surface area contributed by atoms with E-state index in [-0.39, 0.29) is 5.91 Å². The van der Waals surface area contributed by atoms with E-state index in [0.29, 0.717) is 16.2 Å². The monoisotopic (exact) mass is 350 g/mol. The van der Waals surface area contributed by atoms with Gasteiger partial charge in [0.1, 0.15) is 6.04 Å². The maximum absolute atomic E-state index is 12.4. The highest BCUT2D eigenvalue weighted by Gasteiger charge is 2.22. The molecular weight excluding hydrogens is 336 g/mol. The molecule has 0 aliphatic carbocycles. The predicted molar refractivity (Wildman–Crippen MR) is 90.1 cm³/mol. The first-order valence-corrected chi connectivity index (χ1v) is 8.77. The molecule has 3 rings (SSSR count). The van der Waals surface area contributed by atoms with Gasteiger partial charge in [-0.05, 0) is 24.8 Å². The second kappa shape index (κ2) is 6.55. The number of fused-ring (bicyclic) bond motifs is 1. The van der Waals surface area contributed by atoms with Gasteiger partial charge in [-0.15, -0.1) is 10.2 Å². The van der Waals surface area contributed by atoms with Crippen LogP contribution in [0.1, 0.15) is 19.9 Å². The number of anilines is 1. The van der Waals surface area contributed by atoms with E-state index in [1.54, 1.807) is 43.0 Å². The van der Waals surface area contributed by atoms with Crippen LogP contribution in [0.3, 0.4) is 0 Å². The van der Waals surface area contributed by atoms with Crippen LogP contribution < -0.4 is 11.1 Å². The summed E-state index contributed by atoms with van der Waals surface area (Å²) in [5.74, 6) is -0.0220. The Bertz CT molecular complexity index is 899. The first kappa shape index (κ1) is 15.8. The number of carbonyl (C=O) groups is 1. The summed E-state index contributed by atoms with van der Waals surface area (Å²) in [6.07, 6.45) is 0. The quantitative estimate of drug-likeness (QED) is 0.562. The molecule has 2 heterocycles. The minimum Gasteiger partial charge on any atom is -0.408 e. The molecule has 7 nitrogen and oxygen atoms in total. The summed E-state index contributed by atoms with van der Waals surface area (Å²) in [5.41, 5.74) is 1.04. The smallest absolute Gasteiger partial charge is 0.408 e. The van der Waals surface area contributed by atoms with Crippen molar-refractivity contribution in [2.24, 2.45) is 0 Å². The number of amides is 1. The van der Waals surface area contributed by atoms with Crippen LogP contribution in [0.15, 0.2) is 37.8 Å². The first-order chi connectivity index (χ1) is 11.1. The lowest BCUT2D eigenvalue weighted by atomic mass is 10.2. The van der Waals surface area contributed by atoms with E-state index >= 15 is 0 Å². The lowest BCUT2D eigenvalue weighted by Gasteiger charge is -2.11. The SMILES string of the molecule is CCSc1nnc(NC(=O)C(C)n2c(=O)oc3ccccc32)s1. The molecule has 0 aliphatic heterocycles. The van der Waals surface area contributed by atoms with Crippen LogP contribution in [0.4, 0.5) is 5.13 Å². The zero-order chi connectivity index (χ0) is 16.4. The van der Waals surface area contributed by atoms with Gasteiger partial charge in [0.2, 0.25) is 11.0 Å². The van der Waals surface area contributed by atoms with Crippen molar-refractivity contribution in [3.05, 3.63) is 34.8 Å². The summed E-state index contributed by atoms with van der Waals surface area (Å²) < 4.78 is 7.28. The van der Waals surface area contributed by atoms with Gasteiger partial charge in [0.05, 0.1) is 5.52 Å². The van der Waals surface area contributed by atoms with E-state index in [2.05, 4.69) is 15.5 Å². The Morgan fingerprint density at radius 3 is 3.00 bits per heavy atom. The van der Waals surface area contributed by atoms with E-state index < -0.39 is 11.8 Å². The van der Waals surface area contributed by atoms with Crippen molar-refractivity contribution in [1.82, 2.24) is 14.8 Å². The number of hydrogen-bond acceptors (Lipinski definition) is 7. The predicted octanol–water partition coefficient (Wildman–Crippen LogP) is 2.76. The number of benzene rings is 1. The van der Waals surface area contributed by atoms with Crippen LogP contribution >= 0.6 is 23.1 Å². The van der Waals surface area contributed by atoms with E-state index in [1.165, 1.54) is 15.9 Å². The first-order valence-electron chi connectivity index (χ1n) is 6.97. The lowest BCUT2D eigenvalue weighted by molar-refractivity contribution is -0.118. The van der Waals surface area contributed by atoms with Gasteiger partial charge in [0.15, 0.2) is 9.92 Å². The van der Waals surface area contributed by atoms with Crippen molar-refractivity contribution in [2.75, 3.05) is 11.1 Å². The molecule has 0 aliphatic rings. The Morgan fingerprint density at radius 1 is 1.43 bits per heavy atom. The molecule has 120 valence electrons. The number of nitrogens with one attached hydrogen (secondary N) is 1. The number of para-hydroxylation sites is 2. The molecule has 1 atom stereocenters. The molecule has 0 radical (unpaired) electrons. The average molecular weight is 350 g/mol. The molecule has 1 unspecified atom stereocenters. The maximum Gasteiger partial charge on any atom is 0.420 e. The van der Waals surface area contributed by atoms with Crippen LogP contribution in [0.25, 0.3) is 11.1 Å². The molecule has 0 bridgehead atoms. The Balaban J connectivity index is 1.83. The van der Waals surface area contributed by atoms with Gasteiger partial charge in [-0.2, -0.15) is 0 Å². The Kier molecular flexibility index (Phi) is 4.49. The van der Waals surface area contributed by atoms with Gasteiger partial charge in [-0.3, -0.25) is 14.7 Å². The lowest BCUT2D eigenvalue weighted by Crippen LogP contribution is -2.29. The number of nitrogens with zero attached hydrogens (tertiary/aromatic N) is 3. The van der Waals surface area contributed by atoms with Crippen LogP contribution in [0, 0.1) is 0 Å². The molecular formula is C14H14N4O3S2. The van der Waals surface area contributed by atoms with Crippen LogP contribution in [0.5, 0.6) is 0 Å². The highest BCUT2D eigenvalue weighted by molar-refractivity contribution is 8.01. The normalized spacial score (nSPS) is 12.4. The molecule has 0 spiro atoms. The molecule has 3 aromatic rings. The summed E-state index contributed by atoms with van der Waals surface area (Å²) >= 11 is 2.86. The fraction of sp³-hybridized carbons (Fsp3) is 0.286. The fourth-order valence-electron chi connectivity index (χ4n) is 2.12. The van der Waals surface area contributed by atoms with Crippen LogP contribution in [0.2, 0.25) is 0 Å². The number of aromatic nitrogens is 3. The molecule has 1 amide bonds. The zero-order valence-electron chi connectivity index (χ0n) is 12.5. The van der Waals surface area contributed by atoms with Crippen molar-refractivity contribution < 1.29 is 9.21 Å². The molecule has 1 N–H and O–H groups in total. The van der Waals surface area contributed by atoms with E-state index in [0.717, 1.165) is 10.1 Å². The highest BCUT2D eigenvalue weighted by atomic mass is 32.2. The van der Waals surface area contributed by atoms with Crippen molar-refractivity contribution >= 4 is 45.2 Å². The standard InChI is InChI=1S/C14H14N4O3S2/c1-3-22-13-17-16-12(23-13)15-11(19)8(2)18-9-6-4-5-7-10(9)21-14(18)20/h4-8H,3H2,1-2H3,(H,15,16,19). The minimum absolute atomic E-state index is 0.345. The van der Waals surface area contributed by atoms with Crippen molar-refractivity contribution in [3.8, 4) is 0 Å². The van der Waals surface area contributed by atoms with Gasteiger partial charge >= 0.3 is 5.76 Å². The number of oxazole rings is 1. The summed E-state index contributed by atoms with van der Waals surface area (Å²) in [6, 6.07) is 6.27. The van der Waals surface area contributed by atoms with Crippen molar-refractivity contribution in [2.45, 2.75) is 24.2 Å². The molecule has 23 heavy (non-hydrogen) atoms. The Morgan fingerprint density at radius 2 is 2.22 bits per heavy atom. The second-order valence-corrected chi connectivity index (χ2v) is 7.17. The van der Waals surface area contributed by atoms with E-state index in [1.807, 2.05) is 6.92 Å². The third-order valence-electron chi connectivity index (χ3n) is 3.19.